The third-order valence-electron chi connectivity index (χ3n) is 5.96. The van der Waals surface area contributed by atoms with E-state index in [9.17, 15) is 4.79 Å². The number of nitrogens with zero attached hydrogens (tertiary/aromatic N) is 2. The van der Waals surface area contributed by atoms with E-state index in [4.69, 9.17) is 14.2 Å². The Morgan fingerprint density at radius 2 is 1.81 bits per heavy atom. The highest BCUT2D eigenvalue weighted by Crippen LogP contribution is 2.37. The van der Waals surface area contributed by atoms with E-state index < -0.39 is 0 Å². The Hall–Kier alpha value is -1.72. The summed E-state index contributed by atoms with van der Waals surface area (Å²) in [5.41, 5.74) is 2.73. The van der Waals surface area contributed by atoms with Crippen LogP contribution in [0.1, 0.15) is 24.1 Å². The molecule has 1 fully saturated rings. The fourth-order valence-corrected chi connectivity index (χ4v) is 6.01. The van der Waals surface area contributed by atoms with Crippen molar-refractivity contribution in [1.29, 1.82) is 0 Å². The Bertz CT molecular complexity index is 1220. The highest BCUT2D eigenvalue weighted by atomic mass is 79.9. The first kappa shape index (κ1) is 27.3. The molecule has 0 spiro atoms. The molecule has 1 N–H and O–H groups in total. The Labute approximate surface area is 235 Å². The number of benzene rings is 2. The van der Waals surface area contributed by atoms with Gasteiger partial charge in [-0.3, -0.25) is 9.69 Å². The van der Waals surface area contributed by atoms with Crippen molar-refractivity contribution in [2.75, 3.05) is 46.6 Å². The van der Waals surface area contributed by atoms with E-state index in [1.165, 1.54) is 0 Å². The van der Waals surface area contributed by atoms with Gasteiger partial charge in [-0.25, -0.2) is 4.98 Å². The Morgan fingerprint density at radius 1 is 1.06 bits per heavy atom. The first-order valence-corrected chi connectivity index (χ1v) is 14.2. The van der Waals surface area contributed by atoms with Crippen molar-refractivity contribution in [3.8, 4) is 22.8 Å². The SMILES string of the molecule is COc1ccc(Cc2nc(-c3cc(Br)c(OCCCCN4CCOCC4)c(Br)c3)c[nH]c2=O)cc1Br. The van der Waals surface area contributed by atoms with E-state index >= 15 is 0 Å². The minimum atomic E-state index is -0.208. The summed E-state index contributed by atoms with van der Waals surface area (Å²) in [5.74, 6) is 1.50. The van der Waals surface area contributed by atoms with E-state index in [1.807, 2.05) is 30.3 Å². The Kier molecular flexibility index (Phi) is 10.0. The predicted octanol–water partition coefficient (Wildman–Crippen LogP) is 5.82. The number of halogens is 3. The lowest BCUT2D eigenvalue weighted by molar-refractivity contribution is 0.0368. The molecule has 1 aliphatic rings. The minimum absolute atomic E-state index is 0.208. The van der Waals surface area contributed by atoms with Crippen LogP contribution < -0.4 is 15.0 Å². The average molecular weight is 686 g/mol. The lowest BCUT2D eigenvalue weighted by Crippen LogP contribution is -2.36. The molecule has 1 saturated heterocycles. The largest absolute Gasteiger partial charge is 0.496 e. The first-order chi connectivity index (χ1) is 17.4. The maximum absolute atomic E-state index is 12.5. The second kappa shape index (κ2) is 13.2. The highest BCUT2D eigenvalue weighted by Gasteiger charge is 2.14. The molecule has 10 heteroatoms. The van der Waals surface area contributed by atoms with Crippen molar-refractivity contribution in [1.82, 2.24) is 14.9 Å². The number of morpholine rings is 1. The van der Waals surface area contributed by atoms with Crippen LogP contribution in [0.25, 0.3) is 11.3 Å². The molecular formula is C26H28Br3N3O4. The van der Waals surface area contributed by atoms with Crippen LogP contribution in [-0.4, -0.2) is 61.4 Å². The Morgan fingerprint density at radius 3 is 2.50 bits per heavy atom. The number of aromatic nitrogens is 2. The molecule has 0 aliphatic carbocycles. The van der Waals surface area contributed by atoms with Crippen molar-refractivity contribution in [3.63, 3.8) is 0 Å². The van der Waals surface area contributed by atoms with Crippen molar-refractivity contribution in [3.05, 3.63) is 71.6 Å². The van der Waals surface area contributed by atoms with Crippen LogP contribution in [0, 0.1) is 0 Å². The van der Waals surface area contributed by atoms with E-state index in [-0.39, 0.29) is 5.56 Å². The van der Waals surface area contributed by atoms with Crippen molar-refractivity contribution in [2.45, 2.75) is 19.3 Å². The smallest absolute Gasteiger partial charge is 0.270 e. The zero-order valence-electron chi connectivity index (χ0n) is 20.0. The molecule has 3 aromatic rings. The second-order valence-electron chi connectivity index (χ2n) is 8.49. The molecule has 0 atom stereocenters. The van der Waals surface area contributed by atoms with Crippen LogP contribution in [0.3, 0.4) is 0 Å². The van der Waals surface area contributed by atoms with Gasteiger partial charge in [-0.1, -0.05) is 6.07 Å². The summed E-state index contributed by atoms with van der Waals surface area (Å²) in [6.07, 6.45) is 4.10. The summed E-state index contributed by atoms with van der Waals surface area (Å²) in [7, 11) is 1.62. The van der Waals surface area contributed by atoms with Crippen molar-refractivity contribution < 1.29 is 14.2 Å². The van der Waals surface area contributed by atoms with E-state index in [0.29, 0.717) is 24.4 Å². The molecule has 0 radical (unpaired) electrons. The van der Waals surface area contributed by atoms with Crippen LogP contribution in [0.15, 0.2) is 54.7 Å². The topological polar surface area (TPSA) is 76.7 Å². The molecule has 1 aliphatic heterocycles. The number of hydrogen-bond acceptors (Lipinski definition) is 6. The number of aromatic amines is 1. The normalized spacial score (nSPS) is 14.1. The molecule has 2 heterocycles. The third kappa shape index (κ3) is 7.19. The molecule has 192 valence electrons. The van der Waals surface area contributed by atoms with Crippen molar-refractivity contribution in [2.24, 2.45) is 0 Å². The van der Waals surface area contributed by atoms with Crippen LogP contribution in [0.4, 0.5) is 0 Å². The van der Waals surface area contributed by atoms with Gasteiger partial charge < -0.3 is 19.2 Å². The molecule has 7 nitrogen and oxygen atoms in total. The van der Waals surface area contributed by atoms with Gasteiger partial charge in [0.25, 0.3) is 5.56 Å². The second-order valence-corrected chi connectivity index (χ2v) is 11.0. The first-order valence-electron chi connectivity index (χ1n) is 11.8. The van der Waals surface area contributed by atoms with Crippen LogP contribution >= 0.6 is 47.8 Å². The van der Waals surface area contributed by atoms with Gasteiger partial charge in [0, 0.05) is 31.3 Å². The summed E-state index contributed by atoms with van der Waals surface area (Å²) in [6.45, 7) is 5.39. The average Bonchev–Trinajstić information content (AvgIpc) is 2.87. The molecule has 2 aromatic carbocycles. The molecule has 36 heavy (non-hydrogen) atoms. The van der Waals surface area contributed by atoms with Gasteiger partial charge in [-0.2, -0.15) is 0 Å². The monoisotopic (exact) mass is 683 g/mol. The van der Waals surface area contributed by atoms with Crippen LogP contribution in [0.2, 0.25) is 0 Å². The zero-order chi connectivity index (χ0) is 25.5. The van der Waals surface area contributed by atoms with Crippen LogP contribution in [0.5, 0.6) is 11.5 Å². The van der Waals surface area contributed by atoms with Gasteiger partial charge in [-0.05, 0) is 97.0 Å². The van der Waals surface area contributed by atoms with Gasteiger partial charge in [0.2, 0.25) is 0 Å². The molecule has 0 bridgehead atoms. The molecule has 0 saturated carbocycles. The van der Waals surface area contributed by atoms with Gasteiger partial charge in [0.05, 0.1) is 46.0 Å². The predicted molar refractivity (Wildman–Crippen MR) is 151 cm³/mol. The number of ether oxygens (including phenoxy) is 3. The number of nitrogens with one attached hydrogen (secondary N) is 1. The number of H-pyrrole nitrogens is 1. The van der Waals surface area contributed by atoms with Crippen molar-refractivity contribution >= 4 is 47.8 Å². The fraction of sp³-hybridized carbons (Fsp3) is 0.385. The fourth-order valence-electron chi connectivity index (χ4n) is 4.01. The Balaban J connectivity index is 1.41. The lowest BCUT2D eigenvalue weighted by atomic mass is 10.1. The standard InChI is InChI=1S/C26H28Br3N3O4/c1-34-24-5-4-17(12-19(24)27)13-22-26(33)30-16-23(31-22)18-14-20(28)25(21(29)15-18)36-9-3-2-6-32-7-10-35-11-8-32/h4-5,12,14-16H,2-3,6-11,13H2,1H3,(H,30,33). The number of unbranched alkanes of at least 4 members (excludes halogenated alkanes) is 1. The summed E-state index contributed by atoms with van der Waals surface area (Å²) in [6, 6.07) is 9.65. The highest BCUT2D eigenvalue weighted by molar-refractivity contribution is 9.11. The molecule has 0 unspecified atom stereocenters. The third-order valence-corrected chi connectivity index (χ3v) is 7.76. The van der Waals surface area contributed by atoms with Gasteiger partial charge in [0.1, 0.15) is 17.2 Å². The van der Waals surface area contributed by atoms with Crippen LogP contribution in [-0.2, 0) is 11.2 Å². The molecule has 4 rings (SSSR count). The summed E-state index contributed by atoms with van der Waals surface area (Å²) in [4.78, 5) is 22.4. The summed E-state index contributed by atoms with van der Waals surface area (Å²) < 4.78 is 19.2. The lowest BCUT2D eigenvalue weighted by Gasteiger charge is -2.26. The van der Waals surface area contributed by atoms with Gasteiger partial charge in [-0.15, -0.1) is 0 Å². The number of methoxy groups -OCH3 is 1. The van der Waals surface area contributed by atoms with E-state index in [0.717, 1.165) is 81.7 Å². The van der Waals surface area contributed by atoms with Gasteiger partial charge in [0.15, 0.2) is 0 Å². The van der Waals surface area contributed by atoms with E-state index in [1.54, 1.807) is 13.3 Å². The van der Waals surface area contributed by atoms with Gasteiger partial charge >= 0.3 is 0 Å². The molecule has 0 amide bonds. The number of rotatable bonds is 10. The molecular weight excluding hydrogens is 658 g/mol. The summed E-state index contributed by atoms with van der Waals surface area (Å²) >= 11 is 10.8. The maximum Gasteiger partial charge on any atom is 0.270 e. The zero-order valence-corrected chi connectivity index (χ0v) is 24.7. The summed E-state index contributed by atoms with van der Waals surface area (Å²) in [5, 5.41) is 0. The minimum Gasteiger partial charge on any atom is -0.496 e. The van der Waals surface area contributed by atoms with E-state index in [2.05, 4.69) is 62.7 Å². The quantitative estimate of drug-likeness (QED) is 0.272. The maximum atomic E-state index is 12.5. The number of hydrogen-bond donors (Lipinski definition) is 1. The molecule has 1 aromatic heterocycles.